The highest BCUT2D eigenvalue weighted by molar-refractivity contribution is 6.30. The van der Waals surface area contributed by atoms with Crippen molar-refractivity contribution in [2.24, 2.45) is 5.73 Å². The van der Waals surface area contributed by atoms with Gasteiger partial charge < -0.3 is 10.8 Å². The number of aliphatic hydroxyl groups is 1. The molecule has 0 heterocycles. The van der Waals surface area contributed by atoms with E-state index in [1.54, 1.807) is 6.07 Å². The number of benzene rings is 2. The van der Waals surface area contributed by atoms with Crippen LogP contribution in [0.3, 0.4) is 0 Å². The minimum Gasteiger partial charge on any atom is -0.391 e. The van der Waals surface area contributed by atoms with Gasteiger partial charge in [0.25, 0.3) is 0 Å². The van der Waals surface area contributed by atoms with Gasteiger partial charge >= 0.3 is 0 Å². The van der Waals surface area contributed by atoms with Crippen LogP contribution >= 0.6 is 24.0 Å². The quantitative estimate of drug-likeness (QED) is 0.907. The van der Waals surface area contributed by atoms with Crippen LogP contribution in [-0.2, 0) is 6.42 Å². The van der Waals surface area contributed by atoms with E-state index >= 15 is 0 Å². The molecule has 0 fully saturated rings. The first-order chi connectivity index (χ1) is 9.08. The monoisotopic (exact) mass is 315 g/mol. The standard InChI is InChI=1S/C15H15ClFNO.ClH/c16-12-7-6-11(9-13(12)17)15(18)14(19)8-10-4-2-1-3-5-10;/h1-7,9,14-15,19H,8,18H2;1H/t14-,15+;/m1./s1. The number of nitrogens with two attached hydrogens (primary N) is 1. The third kappa shape index (κ3) is 4.18. The number of hydrogen-bond acceptors (Lipinski definition) is 2. The fourth-order valence-electron chi connectivity index (χ4n) is 1.92. The van der Waals surface area contributed by atoms with Crippen molar-refractivity contribution in [1.29, 1.82) is 0 Å². The molecule has 2 aromatic carbocycles. The van der Waals surface area contributed by atoms with E-state index in [1.807, 2.05) is 30.3 Å². The Morgan fingerprint density at radius 3 is 2.40 bits per heavy atom. The van der Waals surface area contributed by atoms with Gasteiger partial charge in [-0.15, -0.1) is 12.4 Å². The van der Waals surface area contributed by atoms with Gasteiger partial charge in [0.15, 0.2) is 0 Å². The van der Waals surface area contributed by atoms with Gasteiger partial charge in [0, 0.05) is 6.42 Å². The van der Waals surface area contributed by atoms with Crippen LogP contribution in [0.4, 0.5) is 4.39 Å². The van der Waals surface area contributed by atoms with Crippen LogP contribution in [0.15, 0.2) is 48.5 Å². The molecular formula is C15H16Cl2FNO. The molecule has 0 aliphatic carbocycles. The zero-order chi connectivity index (χ0) is 13.8. The summed E-state index contributed by atoms with van der Waals surface area (Å²) in [5.41, 5.74) is 7.46. The maximum absolute atomic E-state index is 13.4. The summed E-state index contributed by atoms with van der Waals surface area (Å²) in [5.74, 6) is -0.526. The molecule has 0 amide bonds. The van der Waals surface area contributed by atoms with Crippen molar-refractivity contribution in [3.05, 3.63) is 70.5 Å². The van der Waals surface area contributed by atoms with E-state index in [9.17, 15) is 9.50 Å². The highest BCUT2D eigenvalue weighted by atomic mass is 35.5. The molecule has 2 aromatic rings. The van der Waals surface area contributed by atoms with E-state index in [2.05, 4.69) is 0 Å². The second kappa shape index (κ2) is 7.60. The Bertz CT molecular complexity index is 551. The fourth-order valence-corrected chi connectivity index (χ4v) is 2.04. The molecule has 0 unspecified atom stereocenters. The number of halogens is 3. The van der Waals surface area contributed by atoms with Crippen molar-refractivity contribution in [3.8, 4) is 0 Å². The van der Waals surface area contributed by atoms with Crippen molar-refractivity contribution in [2.75, 3.05) is 0 Å². The van der Waals surface area contributed by atoms with Gasteiger partial charge in [0.2, 0.25) is 0 Å². The van der Waals surface area contributed by atoms with Crippen molar-refractivity contribution in [2.45, 2.75) is 18.6 Å². The van der Waals surface area contributed by atoms with Gasteiger partial charge in [-0.3, -0.25) is 0 Å². The Hall–Kier alpha value is -1.13. The topological polar surface area (TPSA) is 46.2 Å². The Kier molecular flexibility index (Phi) is 6.43. The molecular weight excluding hydrogens is 300 g/mol. The van der Waals surface area contributed by atoms with Crippen molar-refractivity contribution >= 4 is 24.0 Å². The lowest BCUT2D eigenvalue weighted by molar-refractivity contribution is 0.145. The Labute approximate surface area is 128 Å². The molecule has 2 atom stereocenters. The van der Waals surface area contributed by atoms with Gasteiger partial charge in [0.05, 0.1) is 17.2 Å². The van der Waals surface area contributed by atoms with Gasteiger partial charge in [-0.1, -0.05) is 48.0 Å². The van der Waals surface area contributed by atoms with E-state index in [-0.39, 0.29) is 17.4 Å². The second-order valence-electron chi connectivity index (χ2n) is 4.46. The summed E-state index contributed by atoms with van der Waals surface area (Å²) in [7, 11) is 0. The summed E-state index contributed by atoms with van der Waals surface area (Å²) in [6, 6.07) is 13.2. The van der Waals surface area contributed by atoms with E-state index < -0.39 is 18.0 Å². The molecule has 0 aliphatic rings. The highest BCUT2D eigenvalue weighted by Crippen LogP contribution is 2.22. The van der Waals surface area contributed by atoms with Crippen LogP contribution in [0.25, 0.3) is 0 Å². The first kappa shape index (κ1) is 16.9. The number of aliphatic hydroxyl groups excluding tert-OH is 1. The van der Waals surface area contributed by atoms with Crippen molar-refractivity contribution in [3.63, 3.8) is 0 Å². The van der Waals surface area contributed by atoms with E-state index in [4.69, 9.17) is 17.3 Å². The molecule has 108 valence electrons. The Balaban J connectivity index is 0.00000200. The summed E-state index contributed by atoms with van der Waals surface area (Å²) < 4.78 is 13.4. The lowest BCUT2D eigenvalue weighted by atomic mass is 9.97. The third-order valence-electron chi connectivity index (χ3n) is 3.03. The predicted octanol–water partition coefficient (Wildman–Crippen LogP) is 3.50. The Morgan fingerprint density at radius 2 is 1.80 bits per heavy atom. The van der Waals surface area contributed by atoms with Crippen molar-refractivity contribution < 1.29 is 9.50 Å². The summed E-state index contributed by atoms with van der Waals surface area (Å²) in [4.78, 5) is 0. The van der Waals surface area contributed by atoms with E-state index in [0.717, 1.165) is 5.56 Å². The average molecular weight is 316 g/mol. The fraction of sp³-hybridized carbons (Fsp3) is 0.200. The predicted molar refractivity (Wildman–Crippen MR) is 81.7 cm³/mol. The normalized spacial score (nSPS) is 13.4. The summed E-state index contributed by atoms with van der Waals surface area (Å²) in [6.07, 6.45) is -0.352. The third-order valence-corrected chi connectivity index (χ3v) is 3.34. The molecule has 2 rings (SSSR count). The molecule has 0 bridgehead atoms. The molecule has 0 aromatic heterocycles. The summed E-state index contributed by atoms with van der Waals surface area (Å²) in [5, 5.41) is 10.2. The number of hydrogen-bond donors (Lipinski definition) is 2. The van der Waals surface area contributed by atoms with Crippen LogP contribution in [0, 0.1) is 5.82 Å². The lowest BCUT2D eigenvalue weighted by Gasteiger charge is -2.19. The minimum absolute atomic E-state index is 0. The van der Waals surface area contributed by atoms with E-state index in [1.165, 1.54) is 12.1 Å². The van der Waals surface area contributed by atoms with Crippen LogP contribution < -0.4 is 5.73 Å². The smallest absolute Gasteiger partial charge is 0.142 e. The zero-order valence-corrected chi connectivity index (χ0v) is 12.2. The van der Waals surface area contributed by atoms with Gasteiger partial charge in [0.1, 0.15) is 5.82 Å². The van der Waals surface area contributed by atoms with Crippen LogP contribution in [0.2, 0.25) is 5.02 Å². The molecule has 0 aliphatic heterocycles. The molecule has 20 heavy (non-hydrogen) atoms. The molecule has 0 radical (unpaired) electrons. The first-order valence-electron chi connectivity index (χ1n) is 6.00. The summed E-state index contributed by atoms with van der Waals surface area (Å²) >= 11 is 5.62. The maximum atomic E-state index is 13.4. The zero-order valence-electron chi connectivity index (χ0n) is 10.7. The van der Waals surface area contributed by atoms with Crippen molar-refractivity contribution in [1.82, 2.24) is 0 Å². The maximum Gasteiger partial charge on any atom is 0.142 e. The highest BCUT2D eigenvalue weighted by Gasteiger charge is 2.18. The number of rotatable bonds is 4. The van der Waals surface area contributed by atoms with Gasteiger partial charge in [-0.25, -0.2) is 4.39 Å². The summed E-state index contributed by atoms with van der Waals surface area (Å²) in [6.45, 7) is 0. The average Bonchev–Trinajstić information content (AvgIpc) is 2.42. The molecule has 3 N–H and O–H groups in total. The second-order valence-corrected chi connectivity index (χ2v) is 4.86. The SMILES string of the molecule is Cl.N[C@@H](c1ccc(Cl)c(F)c1)[C@H](O)Cc1ccccc1. The largest absolute Gasteiger partial charge is 0.391 e. The first-order valence-corrected chi connectivity index (χ1v) is 6.38. The minimum atomic E-state index is -0.775. The molecule has 0 spiro atoms. The Morgan fingerprint density at radius 1 is 1.15 bits per heavy atom. The molecule has 5 heteroatoms. The van der Waals surface area contributed by atoms with Gasteiger partial charge in [-0.2, -0.15) is 0 Å². The molecule has 0 saturated heterocycles. The molecule has 0 saturated carbocycles. The van der Waals surface area contributed by atoms with Crippen LogP contribution in [0.1, 0.15) is 17.2 Å². The van der Waals surface area contributed by atoms with Crippen LogP contribution in [0.5, 0.6) is 0 Å². The molecule has 2 nitrogen and oxygen atoms in total. The van der Waals surface area contributed by atoms with Crippen LogP contribution in [-0.4, -0.2) is 11.2 Å². The lowest BCUT2D eigenvalue weighted by Crippen LogP contribution is -2.28. The van der Waals surface area contributed by atoms with Gasteiger partial charge in [-0.05, 0) is 23.3 Å². The van der Waals surface area contributed by atoms with E-state index in [0.29, 0.717) is 12.0 Å².